The Labute approximate surface area is 171 Å². The van der Waals surface area contributed by atoms with Crippen molar-refractivity contribution in [2.24, 2.45) is 17.3 Å². The molecular formula is C22H29N5O2. The van der Waals surface area contributed by atoms with Crippen molar-refractivity contribution in [3.8, 4) is 0 Å². The summed E-state index contributed by atoms with van der Waals surface area (Å²) in [6.07, 6.45) is 1.59. The third kappa shape index (κ3) is 4.05. The maximum Gasteiger partial charge on any atom is 0.271 e. The quantitative estimate of drug-likeness (QED) is 0.781. The minimum atomic E-state index is -0.175. The fraction of sp³-hybridized carbons (Fsp3) is 0.500. The van der Waals surface area contributed by atoms with Crippen LogP contribution in [-0.2, 0) is 11.3 Å². The van der Waals surface area contributed by atoms with Crippen molar-refractivity contribution in [3.05, 3.63) is 53.9 Å². The van der Waals surface area contributed by atoms with E-state index in [1.54, 1.807) is 12.3 Å². The lowest BCUT2D eigenvalue weighted by Gasteiger charge is -2.50. The highest BCUT2D eigenvalue weighted by molar-refractivity contribution is 5.93. The molecule has 2 fully saturated rings. The zero-order valence-corrected chi connectivity index (χ0v) is 17.1. The van der Waals surface area contributed by atoms with Crippen LogP contribution in [0.15, 0.2) is 42.6 Å². The van der Waals surface area contributed by atoms with Crippen LogP contribution in [0.2, 0.25) is 0 Å². The lowest BCUT2D eigenvalue weighted by molar-refractivity contribution is -0.131. The van der Waals surface area contributed by atoms with Gasteiger partial charge in [-0.3, -0.25) is 19.6 Å². The van der Waals surface area contributed by atoms with Gasteiger partial charge in [-0.15, -0.1) is 0 Å². The molecule has 7 nitrogen and oxygen atoms in total. The first-order chi connectivity index (χ1) is 14.0. The summed E-state index contributed by atoms with van der Waals surface area (Å²) in [5.74, 6) is 0.381. The number of amides is 2. The van der Waals surface area contributed by atoms with E-state index in [9.17, 15) is 9.59 Å². The summed E-state index contributed by atoms with van der Waals surface area (Å²) in [5.41, 5.74) is 1.57. The Kier molecular flexibility index (Phi) is 5.41. The zero-order chi connectivity index (χ0) is 20.4. The van der Waals surface area contributed by atoms with Crippen LogP contribution in [0.3, 0.4) is 0 Å². The molecule has 2 aromatic rings. The second-order valence-corrected chi connectivity index (χ2v) is 8.84. The van der Waals surface area contributed by atoms with Gasteiger partial charge in [-0.2, -0.15) is 5.10 Å². The van der Waals surface area contributed by atoms with Gasteiger partial charge >= 0.3 is 0 Å². The number of benzene rings is 1. The molecule has 1 spiro atoms. The molecule has 1 aromatic carbocycles. The molecule has 1 atom stereocenters. The lowest BCUT2D eigenvalue weighted by Crippen LogP contribution is -2.64. The number of likely N-dealkylation sites (tertiary alicyclic amines) is 2. The van der Waals surface area contributed by atoms with Crippen LogP contribution in [0.5, 0.6) is 0 Å². The van der Waals surface area contributed by atoms with Crippen molar-refractivity contribution in [1.29, 1.82) is 0 Å². The molecule has 154 valence electrons. The van der Waals surface area contributed by atoms with Gasteiger partial charge in [0.1, 0.15) is 5.69 Å². The average molecular weight is 396 g/mol. The van der Waals surface area contributed by atoms with E-state index in [-0.39, 0.29) is 23.1 Å². The first kappa shape index (κ1) is 19.6. The van der Waals surface area contributed by atoms with Crippen molar-refractivity contribution in [1.82, 2.24) is 25.3 Å². The number of carbonyl (C=O) groups is 2. The molecular weight excluding hydrogens is 366 g/mol. The van der Waals surface area contributed by atoms with Crippen LogP contribution in [0, 0.1) is 17.3 Å². The first-order valence-corrected chi connectivity index (χ1v) is 10.3. The second-order valence-electron chi connectivity index (χ2n) is 8.84. The van der Waals surface area contributed by atoms with Crippen LogP contribution in [0.4, 0.5) is 0 Å². The smallest absolute Gasteiger partial charge is 0.271 e. The topological polar surface area (TPSA) is 81.3 Å². The Morgan fingerprint density at radius 3 is 2.62 bits per heavy atom. The standard InChI is InChI=1S/C22H29N5O2/c1-16(2)10-23-20(28)18-12-26(11-17-6-4-3-5-7-17)13-22(18)14-27(15-22)21(29)19-8-9-24-25-19/h3-9,16,18H,10-15H2,1-2H3,(H,23,28)(H,24,25). The van der Waals surface area contributed by atoms with Crippen molar-refractivity contribution >= 4 is 11.8 Å². The maximum atomic E-state index is 13.0. The van der Waals surface area contributed by atoms with E-state index in [4.69, 9.17) is 0 Å². The summed E-state index contributed by atoms with van der Waals surface area (Å²) in [7, 11) is 0. The average Bonchev–Trinajstić information content (AvgIpc) is 3.33. The number of aromatic nitrogens is 2. The number of hydrogen-bond acceptors (Lipinski definition) is 4. The van der Waals surface area contributed by atoms with Gasteiger partial charge < -0.3 is 10.2 Å². The molecule has 2 saturated heterocycles. The molecule has 0 bridgehead atoms. The minimum Gasteiger partial charge on any atom is -0.356 e. The molecule has 29 heavy (non-hydrogen) atoms. The van der Waals surface area contributed by atoms with Crippen molar-refractivity contribution < 1.29 is 9.59 Å². The molecule has 3 heterocycles. The van der Waals surface area contributed by atoms with Crippen molar-refractivity contribution in [3.63, 3.8) is 0 Å². The van der Waals surface area contributed by atoms with Crippen LogP contribution in [0.25, 0.3) is 0 Å². The SMILES string of the molecule is CC(C)CNC(=O)C1CN(Cc2ccccc2)CC12CN(C(=O)c1ccn[nH]1)C2. The molecule has 2 aliphatic rings. The lowest BCUT2D eigenvalue weighted by atomic mass is 9.71. The monoisotopic (exact) mass is 395 g/mol. The molecule has 1 aromatic heterocycles. The van der Waals surface area contributed by atoms with E-state index >= 15 is 0 Å². The first-order valence-electron chi connectivity index (χ1n) is 10.3. The number of H-pyrrole nitrogens is 1. The number of nitrogens with one attached hydrogen (secondary N) is 2. The predicted octanol–water partition coefficient (Wildman–Crippen LogP) is 1.76. The molecule has 7 heteroatoms. The number of rotatable bonds is 6. The van der Waals surface area contributed by atoms with E-state index in [1.807, 2.05) is 23.1 Å². The van der Waals surface area contributed by atoms with Gasteiger partial charge in [0.15, 0.2) is 0 Å². The largest absolute Gasteiger partial charge is 0.356 e. The Morgan fingerprint density at radius 2 is 1.97 bits per heavy atom. The molecule has 2 N–H and O–H groups in total. The number of hydrogen-bond donors (Lipinski definition) is 2. The second kappa shape index (κ2) is 7.99. The fourth-order valence-electron chi connectivity index (χ4n) is 4.55. The number of nitrogens with zero attached hydrogens (tertiary/aromatic N) is 3. The molecule has 2 aliphatic heterocycles. The van der Waals surface area contributed by atoms with Gasteiger partial charge in [0.25, 0.3) is 5.91 Å². The van der Waals surface area contributed by atoms with Gasteiger partial charge in [-0.25, -0.2) is 0 Å². The predicted molar refractivity (Wildman–Crippen MR) is 110 cm³/mol. The van der Waals surface area contributed by atoms with E-state index in [0.717, 1.165) is 19.6 Å². The summed E-state index contributed by atoms with van der Waals surface area (Å²) < 4.78 is 0. The fourth-order valence-corrected chi connectivity index (χ4v) is 4.55. The zero-order valence-electron chi connectivity index (χ0n) is 17.1. The Bertz CT molecular complexity index is 843. The van der Waals surface area contributed by atoms with E-state index in [1.165, 1.54) is 5.56 Å². The van der Waals surface area contributed by atoms with Gasteiger partial charge in [-0.05, 0) is 17.5 Å². The van der Waals surface area contributed by atoms with E-state index < -0.39 is 0 Å². The van der Waals surface area contributed by atoms with Crippen molar-refractivity contribution in [2.75, 3.05) is 32.7 Å². The summed E-state index contributed by atoms with van der Waals surface area (Å²) >= 11 is 0. The number of carbonyl (C=O) groups excluding carboxylic acids is 2. The molecule has 4 rings (SSSR count). The third-order valence-electron chi connectivity index (χ3n) is 6.00. The number of aromatic amines is 1. The summed E-state index contributed by atoms with van der Waals surface area (Å²) in [5, 5.41) is 9.73. The minimum absolute atomic E-state index is 0.0454. The maximum absolute atomic E-state index is 13.0. The summed E-state index contributed by atoms with van der Waals surface area (Å²) in [6, 6.07) is 12.0. The van der Waals surface area contributed by atoms with E-state index in [0.29, 0.717) is 31.2 Å². The Hall–Kier alpha value is -2.67. The Morgan fingerprint density at radius 1 is 1.21 bits per heavy atom. The molecule has 0 radical (unpaired) electrons. The highest BCUT2D eigenvalue weighted by Crippen LogP contribution is 2.45. The van der Waals surface area contributed by atoms with Crippen molar-refractivity contribution in [2.45, 2.75) is 20.4 Å². The Balaban J connectivity index is 1.47. The highest BCUT2D eigenvalue weighted by Gasteiger charge is 2.57. The van der Waals surface area contributed by atoms with Crippen LogP contribution in [0.1, 0.15) is 29.9 Å². The van der Waals surface area contributed by atoms with Gasteiger partial charge in [0.05, 0.1) is 5.92 Å². The molecule has 1 unspecified atom stereocenters. The van der Waals surface area contributed by atoms with Gasteiger partial charge in [-0.1, -0.05) is 44.2 Å². The highest BCUT2D eigenvalue weighted by atomic mass is 16.2. The van der Waals surface area contributed by atoms with Crippen LogP contribution in [-0.4, -0.2) is 64.5 Å². The van der Waals surface area contributed by atoms with E-state index in [2.05, 4.69) is 46.4 Å². The summed E-state index contributed by atoms with van der Waals surface area (Å²) in [4.78, 5) is 29.8. The van der Waals surface area contributed by atoms with Crippen LogP contribution < -0.4 is 5.32 Å². The molecule has 2 amide bonds. The van der Waals surface area contributed by atoms with Gasteiger partial charge in [0, 0.05) is 50.9 Å². The molecule has 0 saturated carbocycles. The van der Waals surface area contributed by atoms with Crippen LogP contribution >= 0.6 is 0 Å². The normalized spacial score (nSPS) is 20.8. The molecule has 0 aliphatic carbocycles. The summed E-state index contributed by atoms with van der Waals surface area (Å²) in [6.45, 7) is 8.47. The third-order valence-corrected chi connectivity index (χ3v) is 6.00. The van der Waals surface area contributed by atoms with Gasteiger partial charge in [0.2, 0.25) is 5.91 Å².